The van der Waals surface area contributed by atoms with Crippen LogP contribution in [0.5, 0.6) is 5.75 Å². The van der Waals surface area contributed by atoms with Crippen LogP contribution in [0, 0.1) is 0 Å². The summed E-state index contributed by atoms with van der Waals surface area (Å²) in [6.07, 6.45) is 1.39. The number of amides is 1. The fourth-order valence-electron chi connectivity index (χ4n) is 1.47. The van der Waals surface area contributed by atoms with E-state index in [1.165, 1.54) is 0 Å². The molecule has 4 nitrogen and oxygen atoms in total. The quantitative estimate of drug-likeness (QED) is 0.821. The molecular formula is C13H19BrN2O2. The smallest absolute Gasteiger partial charge is 0.222 e. The van der Waals surface area contributed by atoms with Crippen LogP contribution in [-0.2, 0) is 4.79 Å². The minimum absolute atomic E-state index is 0.160. The first-order valence-electron chi connectivity index (χ1n) is 5.82. The van der Waals surface area contributed by atoms with Crippen LogP contribution < -0.4 is 10.1 Å². The second kappa shape index (κ2) is 7.26. The number of ether oxygens (including phenoxy) is 1. The molecule has 1 rings (SSSR count). The number of carbonyl (C=O) groups is 1. The maximum Gasteiger partial charge on any atom is 0.222 e. The molecule has 100 valence electrons. The Labute approximate surface area is 116 Å². The number of anilines is 1. The lowest BCUT2D eigenvalue weighted by Gasteiger charge is -2.11. The van der Waals surface area contributed by atoms with Crippen molar-refractivity contribution in [2.45, 2.75) is 12.8 Å². The lowest BCUT2D eigenvalue weighted by Crippen LogP contribution is -2.22. The SMILES string of the molecule is COc1ccc(NCCCC(=O)N(C)C)cc1Br. The fourth-order valence-corrected chi connectivity index (χ4v) is 2.01. The summed E-state index contributed by atoms with van der Waals surface area (Å²) in [6.45, 7) is 0.776. The van der Waals surface area contributed by atoms with E-state index in [9.17, 15) is 4.79 Å². The van der Waals surface area contributed by atoms with Crippen molar-refractivity contribution in [3.8, 4) is 5.75 Å². The topological polar surface area (TPSA) is 41.6 Å². The fraction of sp³-hybridized carbons (Fsp3) is 0.462. The van der Waals surface area contributed by atoms with Gasteiger partial charge in [0.1, 0.15) is 5.75 Å². The van der Waals surface area contributed by atoms with Crippen molar-refractivity contribution < 1.29 is 9.53 Å². The van der Waals surface area contributed by atoms with Gasteiger partial charge in [0.15, 0.2) is 0 Å². The van der Waals surface area contributed by atoms with E-state index in [-0.39, 0.29) is 5.91 Å². The molecule has 0 unspecified atom stereocenters. The van der Waals surface area contributed by atoms with Gasteiger partial charge in [0.25, 0.3) is 0 Å². The Bertz CT molecular complexity index is 408. The Morgan fingerprint density at radius 1 is 1.44 bits per heavy atom. The maximum atomic E-state index is 11.4. The van der Waals surface area contributed by atoms with Crippen LogP contribution in [0.3, 0.4) is 0 Å². The van der Waals surface area contributed by atoms with Gasteiger partial charge >= 0.3 is 0 Å². The first-order valence-corrected chi connectivity index (χ1v) is 6.61. The van der Waals surface area contributed by atoms with Crippen molar-refractivity contribution in [3.63, 3.8) is 0 Å². The zero-order chi connectivity index (χ0) is 13.5. The number of rotatable bonds is 6. The van der Waals surface area contributed by atoms with Gasteiger partial charge in [0, 0.05) is 32.7 Å². The number of carbonyl (C=O) groups excluding carboxylic acids is 1. The number of methoxy groups -OCH3 is 1. The molecule has 1 aromatic rings. The predicted molar refractivity (Wildman–Crippen MR) is 77.1 cm³/mol. The summed E-state index contributed by atoms with van der Waals surface area (Å²) in [5, 5.41) is 3.27. The highest BCUT2D eigenvalue weighted by molar-refractivity contribution is 9.10. The normalized spacial score (nSPS) is 10.0. The van der Waals surface area contributed by atoms with E-state index in [2.05, 4.69) is 21.2 Å². The van der Waals surface area contributed by atoms with Crippen LogP contribution in [-0.4, -0.2) is 38.6 Å². The summed E-state index contributed by atoms with van der Waals surface area (Å²) in [4.78, 5) is 13.0. The summed E-state index contributed by atoms with van der Waals surface area (Å²) in [5.74, 6) is 0.969. The number of hydrogen-bond acceptors (Lipinski definition) is 3. The van der Waals surface area contributed by atoms with Crippen LogP contribution >= 0.6 is 15.9 Å². The third-order valence-electron chi connectivity index (χ3n) is 2.55. The average molecular weight is 315 g/mol. The van der Waals surface area contributed by atoms with Gasteiger partial charge in [-0.3, -0.25) is 4.79 Å². The molecular weight excluding hydrogens is 296 g/mol. The number of nitrogens with one attached hydrogen (secondary N) is 1. The van der Waals surface area contributed by atoms with Crippen molar-refractivity contribution >= 4 is 27.5 Å². The lowest BCUT2D eigenvalue weighted by atomic mass is 10.2. The van der Waals surface area contributed by atoms with Gasteiger partial charge in [-0.05, 0) is 40.5 Å². The third kappa shape index (κ3) is 4.56. The van der Waals surface area contributed by atoms with Crippen molar-refractivity contribution in [1.29, 1.82) is 0 Å². The van der Waals surface area contributed by atoms with E-state index in [4.69, 9.17) is 4.74 Å². The first-order chi connectivity index (χ1) is 8.54. The summed E-state index contributed by atoms with van der Waals surface area (Å²) >= 11 is 3.43. The molecule has 0 spiro atoms. The Balaban J connectivity index is 2.36. The van der Waals surface area contributed by atoms with E-state index in [1.54, 1.807) is 26.1 Å². The van der Waals surface area contributed by atoms with Gasteiger partial charge < -0.3 is 15.0 Å². The molecule has 0 atom stereocenters. The van der Waals surface area contributed by atoms with E-state index >= 15 is 0 Å². The van der Waals surface area contributed by atoms with Gasteiger partial charge in [-0.1, -0.05) is 0 Å². The molecule has 1 aromatic carbocycles. The molecule has 0 aliphatic carbocycles. The minimum atomic E-state index is 0.160. The molecule has 1 amide bonds. The van der Waals surface area contributed by atoms with E-state index in [1.807, 2.05) is 18.2 Å². The second-order valence-electron chi connectivity index (χ2n) is 4.17. The van der Waals surface area contributed by atoms with Crippen molar-refractivity contribution in [2.24, 2.45) is 0 Å². The Kier molecular flexibility index (Phi) is 5.98. The first kappa shape index (κ1) is 14.8. The van der Waals surface area contributed by atoms with E-state index < -0.39 is 0 Å². The van der Waals surface area contributed by atoms with Crippen LogP contribution in [0.1, 0.15) is 12.8 Å². The molecule has 18 heavy (non-hydrogen) atoms. The van der Waals surface area contributed by atoms with E-state index in [0.717, 1.165) is 28.9 Å². The molecule has 0 aliphatic heterocycles. The molecule has 0 saturated carbocycles. The Hall–Kier alpha value is -1.23. The number of hydrogen-bond donors (Lipinski definition) is 1. The molecule has 0 aliphatic rings. The van der Waals surface area contributed by atoms with Crippen LogP contribution in [0.15, 0.2) is 22.7 Å². The van der Waals surface area contributed by atoms with Gasteiger partial charge in [0.05, 0.1) is 11.6 Å². The van der Waals surface area contributed by atoms with E-state index in [0.29, 0.717) is 6.42 Å². The zero-order valence-corrected chi connectivity index (χ0v) is 12.6. The summed E-state index contributed by atoms with van der Waals surface area (Å²) in [5.41, 5.74) is 1.01. The molecule has 1 N–H and O–H groups in total. The number of benzene rings is 1. The molecule has 0 radical (unpaired) electrons. The van der Waals surface area contributed by atoms with Crippen LogP contribution in [0.25, 0.3) is 0 Å². The van der Waals surface area contributed by atoms with Gasteiger partial charge in [0.2, 0.25) is 5.91 Å². The monoisotopic (exact) mass is 314 g/mol. The van der Waals surface area contributed by atoms with Crippen LogP contribution in [0.4, 0.5) is 5.69 Å². The van der Waals surface area contributed by atoms with Crippen molar-refractivity contribution in [2.75, 3.05) is 33.1 Å². The maximum absolute atomic E-state index is 11.4. The molecule has 0 aromatic heterocycles. The zero-order valence-electron chi connectivity index (χ0n) is 11.0. The highest BCUT2D eigenvalue weighted by Crippen LogP contribution is 2.27. The minimum Gasteiger partial charge on any atom is -0.496 e. The third-order valence-corrected chi connectivity index (χ3v) is 3.17. The van der Waals surface area contributed by atoms with Gasteiger partial charge in [-0.2, -0.15) is 0 Å². The number of nitrogens with zero attached hydrogens (tertiary/aromatic N) is 1. The predicted octanol–water partition coefficient (Wildman–Crippen LogP) is 2.74. The molecule has 0 bridgehead atoms. The lowest BCUT2D eigenvalue weighted by molar-refractivity contribution is -0.128. The highest BCUT2D eigenvalue weighted by Gasteiger charge is 2.04. The van der Waals surface area contributed by atoms with Crippen LogP contribution in [0.2, 0.25) is 0 Å². The highest BCUT2D eigenvalue weighted by atomic mass is 79.9. The average Bonchev–Trinajstić information content (AvgIpc) is 2.34. The van der Waals surface area contributed by atoms with Crippen molar-refractivity contribution in [3.05, 3.63) is 22.7 Å². The summed E-state index contributed by atoms with van der Waals surface area (Å²) in [7, 11) is 5.19. The standard InChI is InChI=1S/C13H19BrN2O2/c1-16(2)13(17)5-4-8-15-10-6-7-12(18-3)11(14)9-10/h6-7,9,15H,4-5,8H2,1-3H3. The summed E-state index contributed by atoms with van der Waals surface area (Å²) in [6, 6.07) is 5.82. The Morgan fingerprint density at radius 3 is 2.72 bits per heavy atom. The van der Waals surface area contributed by atoms with Gasteiger partial charge in [-0.15, -0.1) is 0 Å². The molecule has 0 heterocycles. The summed E-state index contributed by atoms with van der Waals surface area (Å²) < 4.78 is 6.07. The van der Waals surface area contributed by atoms with Crippen molar-refractivity contribution in [1.82, 2.24) is 4.90 Å². The number of halogens is 1. The Morgan fingerprint density at radius 2 is 2.17 bits per heavy atom. The van der Waals surface area contributed by atoms with Gasteiger partial charge in [-0.25, -0.2) is 0 Å². The molecule has 0 saturated heterocycles. The molecule has 5 heteroatoms. The second-order valence-corrected chi connectivity index (χ2v) is 5.02. The largest absolute Gasteiger partial charge is 0.496 e. The molecule has 0 fully saturated rings.